The van der Waals surface area contributed by atoms with Crippen LogP contribution in [0, 0.1) is 11.8 Å². The fourth-order valence-corrected chi connectivity index (χ4v) is 6.36. The number of nitrogens with one attached hydrogen (secondary N) is 1. The molecule has 2 aliphatic rings. The Hall–Kier alpha value is -2.09. The number of hydrogen-bond acceptors (Lipinski definition) is 4. The van der Waals surface area contributed by atoms with Gasteiger partial charge < -0.3 is 10.2 Å². The van der Waals surface area contributed by atoms with Crippen LogP contribution in [0.25, 0.3) is 0 Å². The van der Waals surface area contributed by atoms with Crippen LogP contribution in [0.5, 0.6) is 0 Å². The average molecular weight is 490 g/mol. The molecule has 178 valence electrons. The van der Waals surface area contributed by atoms with Gasteiger partial charge in [-0.1, -0.05) is 30.7 Å². The molecule has 0 aliphatic carbocycles. The maximum atomic E-state index is 13.0. The van der Waals surface area contributed by atoms with Crippen LogP contribution < -0.4 is 10.2 Å². The molecule has 4 rings (SSSR count). The molecule has 2 heterocycles. The Morgan fingerprint density at radius 3 is 2.39 bits per heavy atom. The summed E-state index contributed by atoms with van der Waals surface area (Å²) >= 11 is 5.89. The Morgan fingerprint density at radius 1 is 1.00 bits per heavy atom. The van der Waals surface area contributed by atoms with Crippen LogP contribution in [-0.2, 0) is 21.4 Å². The zero-order chi connectivity index (χ0) is 23.4. The second kappa shape index (κ2) is 10.5. The molecule has 0 bridgehead atoms. The van der Waals surface area contributed by atoms with Gasteiger partial charge in [0, 0.05) is 43.4 Å². The highest BCUT2D eigenvalue weighted by molar-refractivity contribution is 7.89. The molecule has 0 radical (unpaired) electrons. The molecule has 0 spiro atoms. The first-order chi connectivity index (χ1) is 15.8. The Kier molecular flexibility index (Phi) is 7.62. The third-order valence-electron chi connectivity index (χ3n) is 6.63. The lowest BCUT2D eigenvalue weighted by molar-refractivity contribution is -0.126. The molecule has 2 aromatic rings. The highest BCUT2D eigenvalue weighted by Crippen LogP contribution is 2.26. The summed E-state index contributed by atoms with van der Waals surface area (Å²) in [5.41, 5.74) is 2.27. The summed E-state index contributed by atoms with van der Waals surface area (Å²) in [5, 5.41) is 3.49. The van der Waals surface area contributed by atoms with E-state index in [1.54, 1.807) is 12.1 Å². The highest BCUT2D eigenvalue weighted by Gasteiger charge is 2.33. The van der Waals surface area contributed by atoms with Gasteiger partial charge in [-0.25, -0.2) is 8.42 Å². The van der Waals surface area contributed by atoms with Crippen molar-refractivity contribution in [3.63, 3.8) is 0 Å². The number of carbonyl (C=O) groups is 1. The van der Waals surface area contributed by atoms with Crippen molar-refractivity contribution in [3.05, 3.63) is 59.1 Å². The van der Waals surface area contributed by atoms with E-state index in [4.69, 9.17) is 11.6 Å². The zero-order valence-corrected chi connectivity index (χ0v) is 20.6. The molecule has 1 amide bonds. The standard InChI is InChI=1S/C25H32ClN3O3S/c1-19-4-2-14-28(17-19)23-10-6-20(7-11-23)16-27-25(30)21-5-3-15-29(18-21)33(31,32)24-12-8-22(26)9-13-24/h6-13,19,21H,2-5,14-18H2,1H3,(H,27,30). The van der Waals surface area contributed by atoms with E-state index < -0.39 is 10.0 Å². The molecule has 2 saturated heterocycles. The van der Waals surface area contributed by atoms with Gasteiger partial charge in [-0.3, -0.25) is 4.79 Å². The summed E-state index contributed by atoms with van der Waals surface area (Å²) in [4.78, 5) is 15.4. The van der Waals surface area contributed by atoms with Crippen molar-refractivity contribution in [2.75, 3.05) is 31.1 Å². The van der Waals surface area contributed by atoms with Crippen molar-refractivity contribution in [2.45, 2.75) is 44.0 Å². The summed E-state index contributed by atoms with van der Waals surface area (Å²) in [7, 11) is -3.64. The predicted molar refractivity (Wildman–Crippen MR) is 132 cm³/mol. The Labute approximate surface area is 202 Å². The quantitative estimate of drug-likeness (QED) is 0.657. The van der Waals surface area contributed by atoms with E-state index in [0.29, 0.717) is 31.0 Å². The normalized spacial score (nSPS) is 22.2. The van der Waals surface area contributed by atoms with Crippen LogP contribution in [0.4, 0.5) is 5.69 Å². The van der Waals surface area contributed by atoms with Gasteiger partial charge in [0.25, 0.3) is 0 Å². The number of hydrogen-bond donors (Lipinski definition) is 1. The van der Waals surface area contributed by atoms with Crippen molar-refractivity contribution in [3.8, 4) is 0 Å². The molecule has 6 nitrogen and oxygen atoms in total. The molecule has 1 N–H and O–H groups in total. The number of anilines is 1. The Balaban J connectivity index is 1.32. The van der Waals surface area contributed by atoms with Crippen molar-refractivity contribution < 1.29 is 13.2 Å². The largest absolute Gasteiger partial charge is 0.371 e. The molecule has 2 aromatic carbocycles. The van der Waals surface area contributed by atoms with E-state index in [1.807, 2.05) is 0 Å². The minimum absolute atomic E-state index is 0.0973. The van der Waals surface area contributed by atoms with Crippen molar-refractivity contribution >= 4 is 33.2 Å². The minimum atomic E-state index is -3.64. The van der Waals surface area contributed by atoms with Gasteiger partial charge in [0.05, 0.1) is 10.8 Å². The van der Waals surface area contributed by atoms with Gasteiger partial charge in [-0.15, -0.1) is 0 Å². The minimum Gasteiger partial charge on any atom is -0.371 e. The summed E-state index contributed by atoms with van der Waals surface area (Å²) in [6, 6.07) is 14.5. The van der Waals surface area contributed by atoms with E-state index in [2.05, 4.69) is 41.4 Å². The molecule has 0 aromatic heterocycles. The molecule has 2 fully saturated rings. The average Bonchev–Trinajstić information content (AvgIpc) is 2.83. The number of sulfonamides is 1. The Bertz CT molecular complexity index is 1060. The van der Waals surface area contributed by atoms with Crippen molar-refractivity contribution in [1.29, 1.82) is 0 Å². The van der Waals surface area contributed by atoms with E-state index in [-0.39, 0.29) is 23.3 Å². The highest BCUT2D eigenvalue weighted by atomic mass is 35.5. The van der Waals surface area contributed by atoms with E-state index >= 15 is 0 Å². The van der Waals surface area contributed by atoms with Gasteiger partial charge in [0.2, 0.25) is 15.9 Å². The smallest absolute Gasteiger partial charge is 0.243 e. The van der Waals surface area contributed by atoms with E-state index in [0.717, 1.165) is 24.6 Å². The molecular formula is C25H32ClN3O3S. The maximum absolute atomic E-state index is 13.0. The van der Waals surface area contributed by atoms with Gasteiger partial charge in [-0.05, 0) is 73.6 Å². The summed E-state index contributed by atoms with van der Waals surface area (Å²) in [6.07, 6.45) is 3.86. The summed E-state index contributed by atoms with van der Waals surface area (Å²) in [6.45, 7) is 5.54. The maximum Gasteiger partial charge on any atom is 0.243 e. The van der Waals surface area contributed by atoms with Gasteiger partial charge in [0.15, 0.2) is 0 Å². The molecule has 0 saturated carbocycles. The molecular weight excluding hydrogens is 458 g/mol. The first-order valence-corrected chi connectivity index (χ1v) is 13.5. The predicted octanol–water partition coefficient (Wildman–Crippen LogP) is 4.29. The zero-order valence-electron chi connectivity index (χ0n) is 19.0. The lowest BCUT2D eigenvalue weighted by Crippen LogP contribution is -2.45. The monoisotopic (exact) mass is 489 g/mol. The van der Waals surface area contributed by atoms with Crippen LogP contribution in [0.3, 0.4) is 0 Å². The number of rotatable bonds is 6. The second-order valence-electron chi connectivity index (χ2n) is 9.23. The van der Waals surface area contributed by atoms with Crippen LogP contribution in [0.2, 0.25) is 5.02 Å². The number of nitrogens with zero attached hydrogens (tertiary/aromatic N) is 2. The third kappa shape index (κ3) is 5.89. The molecule has 2 aliphatic heterocycles. The van der Waals surface area contributed by atoms with Crippen LogP contribution in [0.15, 0.2) is 53.4 Å². The third-order valence-corrected chi connectivity index (χ3v) is 8.76. The van der Waals surface area contributed by atoms with Crippen molar-refractivity contribution in [1.82, 2.24) is 9.62 Å². The van der Waals surface area contributed by atoms with E-state index in [1.165, 1.54) is 35.0 Å². The number of piperidine rings is 2. The van der Waals surface area contributed by atoms with Crippen LogP contribution >= 0.6 is 11.6 Å². The SMILES string of the molecule is CC1CCCN(c2ccc(CNC(=O)C3CCCN(S(=O)(=O)c4ccc(Cl)cc4)C3)cc2)C1. The van der Waals surface area contributed by atoms with Crippen molar-refractivity contribution in [2.24, 2.45) is 11.8 Å². The fourth-order valence-electron chi connectivity index (χ4n) is 4.71. The fraction of sp³-hybridized carbons (Fsp3) is 0.480. The first-order valence-electron chi connectivity index (χ1n) is 11.7. The van der Waals surface area contributed by atoms with Crippen LogP contribution in [0.1, 0.15) is 38.2 Å². The number of amides is 1. The number of carbonyl (C=O) groups excluding carboxylic acids is 1. The number of benzene rings is 2. The second-order valence-corrected chi connectivity index (χ2v) is 11.6. The molecule has 2 atom stereocenters. The lowest BCUT2D eigenvalue weighted by Gasteiger charge is -2.33. The van der Waals surface area contributed by atoms with Gasteiger partial charge in [0.1, 0.15) is 0 Å². The topological polar surface area (TPSA) is 69.7 Å². The number of halogens is 1. The molecule has 8 heteroatoms. The molecule has 2 unspecified atom stereocenters. The summed E-state index contributed by atoms with van der Waals surface area (Å²) < 4.78 is 27.4. The Morgan fingerprint density at radius 2 is 1.70 bits per heavy atom. The van der Waals surface area contributed by atoms with Gasteiger partial charge in [-0.2, -0.15) is 4.31 Å². The lowest BCUT2D eigenvalue weighted by atomic mass is 9.98. The molecule has 33 heavy (non-hydrogen) atoms. The van der Waals surface area contributed by atoms with E-state index in [9.17, 15) is 13.2 Å². The van der Waals surface area contributed by atoms with Gasteiger partial charge >= 0.3 is 0 Å². The first kappa shape index (κ1) is 24.0. The van der Waals surface area contributed by atoms with Crippen LogP contribution in [-0.4, -0.2) is 44.8 Å². The summed E-state index contributed by atoms with van der Waals surface area (Å²) in [5.74, 6) is 0.270.